The Morgan fingerprint density at radius 1 is 1.25 bits per heavy atom. The minimum absolute atomic E-state index is 0. The summed E-state index contributed by atoms with van der Waals surface area (Å²) in [6.07, 6.45) is -0.699. The highest BCUT2D eigenvalue weighted by molar-refractivity contribution is 5.86. The number of morpholine rings is 1. The van der Waals surface area contributed by atoms with Gasteiger partial charge in [0.2, 0.25) is 5.91 Å². The zero-order chi connectivity index (χ0) is 19.2. The van der Waals surface area contributed by atoms with Gasteiger partial charge in [0.25, 0.3) is 5.91 Å². The summed E-state index contributed by atoms with van der Waals surface area (Å²) in [5.41, 5.74) is 0.918. The standard InChI is InChI=1S/C20H30N4O3.ClH/c1-15(2)24-17(25)14-27-19(18(24)16-6-4-3-5-7-16)20(26)22-10-13-23-11-8-21-9-12-23;/h3-7,15,18-19,21H,8-14H2,1-2H3,(H,22,26);1H/t18-,19+;/m1./s1. The average molecular weight is 411 g/mol. The molecule has 2 atom stereocenters. The lowest BCUT2D eigenvalue weighted by Gasteiger charge is -2.42. The van der Waals surface area contributed by atoms with E-state index in [0.717, 1.165) is 38.3 Å². The van der Waals surface area contributed by atoms with E-state index in [-0.39, 0.29) is 36.9 Å². The molecule has 2 saturated heterocycles. The molecule has 2 amide bonds. The fourth-order valence-electron chi connectivity index (χ4n) is 3.81. The predicted molar refractivity (Wildman–Crippen MR) is 110 cm³/mol. The average Bonchev–Trinajstić information content (AvgIpc) is 2.68. The van der Waals surface area contributed by atoms with Crippen molar-refractivity contribution < 1.29 is 14.3 Å². The number of nitrogens with zero attached hydrogens (tertiary/aromatic N) is 2. The van der Waals surface area contributed by atoms with Crippen molar-refractivity contribution in [1.82, 2.24) is 20.4 Å². The molecule has 0 spiro atoms. The van der Waals surface area contributed by atoms with Gasteiger partial charge in [0.1, 0.15) is 6.61 Å². The Bertz CT molecular complexity index is 638. The second-order valence-electron chi connectivity index (χ2n) is 7.36. The quantitative estimate of drug-likeness (QED) is 0.726. The van der Waals surface area contributed by atoms with Crippen LogP contribution in [-0.2, 0) is 14.3 Å². The van der Waals surface area contributed by atoms with E-state index in [9.17, 15) is 9.59 Å². The number of amides is 2. The van der Waals surface area contributed by atoms with E-state index >= 15 is 0 Å². The van der Waals surface area contributed by atoms with Gasteiger partial charge in [-0.1, -0.05) is 30.3 Å². The summed E-state index contributed by atoms with van der Waals surface area (Å²) < 4.78 is 5.72. The van der Waals surface area contributed by atoms with Gasteiger partial charge in [0.05, 0.1) is 6.04 Å². The minimum Gasteiger partial charge on any atom is -0.356 e. The summed E-state index contributed by atoms with van der Waals surface area (Å²) in [6, 6.07) is 9.25. The van der Waals surface area contributed by atoms with Crippen molar-refractivity contribution in [3.63, 3.8) is 0 Å². The first-order chi connectivity index (χ1) is 13.1. The van der Waals surface area contributed by atoms with Crippen LogP contribution in [0.5, 0.6) is 0 Å². The molecule has 2 aliphatic heterocycles. The smallest absolute Gasteiger partial charge is 0.251 e. The lowest BCUT2D eigenvalue weighted by atomic mass is 9.96. The van der Waals surface area contributed by atoms with Gasteiger partial charge in [-0.15, -0.1) is 12.4 Å². The Hall–Kier alpha value is -1.67. The first kappa shape index (κ1) is 22.6. The van der Waals surface area contributed by atoms with Gasteiger partial charge in [0, 0.05) is 45.3 Å². The van der Waals surface area contributed by atoms with Crippen molar-refractivity contribution >= 4 is 24.2 Å². The van der Waals surface area contributed by atoms with E-state index in [2.05, 4.69) is 15.5 Å². The molecule has 0 saturated carbocycles. The second-order valence-corrected chi connectivity index (χ2v) is 7.36. The maximum atomic E-state index is 12.9. The maximum absolute atomic E-state index is 12.9. The zero-order valence-electron chi connectivity index (χ0n) is 16.6. The van der Waals surface area contributed by atoms with E-state index in [1.807, 2.05) is 44.2 Å². The van der Waals surface area contributed by atoms with Gasteiger partial charge < -0.3 is 20.3 Å². The van der Waals surface area contributed by atoms with Gasteiger partial charge in [-0.2, -0.15) is 0 Å². The van der Waals surface area contributed by atoms with Gasteiger partial charge in [-0.3, -0.25) is 14.5 Å². The highest BCUT2D eigenvalue weighted by atomic mass is 35.5. The molecule has 8 heteroatoms. The summed E-state index contributed by atoms with van der Waals surface area (Å²) in [7, 11) is 0. The van der Waals surface area contributed by atoms with E-state index in [1.54, 1.807) is 4.90 Å². The number of benzene rings is 1. The third-order valence-corrected chi connectivity index (χ3v) is 5.15. The number of piperazine rings is 1. The third kappa shape index (κ3) is 5.44. The van der Waals surface area contributed by atoms with E-state index in [1.165, 1.54) is 0 Å². The van der Waals surface area contributed by atoms with Crippen molar-refractivity contribution in [3.05, 3.63) is 35.9 Å². The zero-order valence-corrected chi connectivity index (χ0v) is 17.4. The summed E-state index contributed by atoms with van der Waals surface area (Å²) in [6.45, 7) is 9.26. The van der Waals surface area contributed by atoms with Crippen LogP contribution in [0.1, 0.15) is 25.5 Å². The first-order valence-corrected chi connectivity index (χ1v) is 9.76. The lowest BCUT2D eigenvalue weighted by molar-refractivity contribution is -0.167. The Kier molecular flexibility index (Phi) is 8.69. The van der Waals surface area contributed by atoms with Gasteiger partial charge in [-0.25, -0.2) is 0 Å². The molecule has 3 rings (SSSR count). The van der Waals surface area contributed by atoms with Crippen LogP contribution in [0.3, 0.4) is 0 Å². The summed E-state index contributed by atoms with van der Waals surface area (Å²) in [5, 5.41) is 6.33. The molecule has 2 N–H and O–H groups in total. The molecule has 0 aliphatic carbocycles. The second kappa shape index (κ2) is 10.8. The largest absolute Gasteiger partial charge is 0.356 e. The van der Waals surface area contributed by atoms with Crippen molar-refractivity contribution in [1.29, 1.82) is 0 Å². The van der Waals surface area contributed by atoms with Crippen LogP contribution in [-0.4, -0.2) is 79.6 Å². The van der Waals surface area contributed by atoms with Gasteiger partial charge in [-0.05, 0) is 19.4 Å². The van der Waals surface area contributed by atoms with Crippen molar-refractivity contribution in [2.45, 2.75) is 32.0 Å². The van der Waals surface area contributed by atoms with Crippen molar-refractivity contribution in [2.75, 3.05) is 45.9 Å². The molecule has 1 aromatic rings. The monoisotopic (exact) mass is 410 g/mol. The number of hydrogen-bond donors (Lipinski definition) is 2. The van der Waals surface area contributed by atoms with Crippen molar-refractivity contribution in [3.8, 4) is 0 Å². The van der Waals surface area contributed by atoms with Crippen LogP contribution in [0.4, 0.5) is 0 Å². The Morgan fingerprint density at radius 2 is 1.93 bits per heavy atom. The number of carbonyl (C=O) groups excluding carboxylic acids is 2. The molecule has 0 unspecified atom stereocenters. The van der Waals surface area contributed by atoms with Crippen LogP contribution in [0.2, 0.25) is 0 Å². The maximum Gasteiger partial charge on any atom is 0.251 e. The minimum atomic E-state index is -0.699. The molecule has 7 nitrogen and oxygen atoms in total. The summed E-state index contributed by atoms with van der Waals surface area (Å²) in [4.78, 5) is 29.5. The fourth-order valence-corrected chi connectivity index (χ4v) is 3.81. The van der Waals surface area contributed by atoms with Crippen LogP contribution >= 0.6 is 12.4 Å². The molecule has 0 radical (unpaired) electrons. The molecule has 28 heavy (non-hydrogen) atoms. The Balaban J connectivity index is 0.00000280. The number of rotatable bonds is 6. The highest BCUT2D eigenvalue weighted by Crippen LogP contribution is 2.32. The van der Waals surface area contributed by atoms with Gasteiger partial charge >= 0.3 is 0 Å². The molecular weight excluding hydrogens is 380 g/mol. The van der Waals surface area contributed by atoms with Crippen LogP contribution < -0.4 is 10.6 Å². The molecule has 0 aromatic heterocycles. The summed E-state index contributed by atoms with van der Waals surface area (Å²) >= 11 is 0. The molecule has 2 aliphatic rings. The number of halogens is 1. The van der Waals surface area contributed by atoms with E-state index in [0.29, 0.717) is 6.54 Å². The normalized spacial score (nSPS) is 23.4. The first-order valence-electron chi connectivity index (χ1n) is 9.76. The topological polar surface area (TPSA) is 73.9 Å². The SMILES string of the molecule is CC(C)N1C(=O)CO[C@H](C(=O)NCCN2CCNCC2)[C@H]1c1ccccc1.Cl. The van der Waals surface area contributed by atoms with Crippen molar-refractivity contribution in [2.24, 2.45) is 0 Å². The summed E-state index contributed by atoms with van der Waals surface area (Å²) in [5.74, 6) is -0.235. The van der Waals surface area contributed by atoms with Gasteiger partial charge in [0.15, 0.2) is 6.10 Å². The molecule has 2 fully saturated rings. The van der Waals surface area contributed by atoms with Crippen LogP contribution in [0.25, 0.3) is 0 Å². The molecule has 1 aromatic carbocycles. The Morgan fingerprint density at radius 3 is 2.57 bits per heavy atom. The number of hydrogen-bond acceptors (Lipinski definition) is 5. The highest BCUT2D eigenvalue weighted by Gasteiger charge is 2.42. The molecular formula is C20H31ClN4O3. The van der Waals surface area contributed by atoms with Crippen LogP contribution in [0, 0.1) is 0 Å². The molecule has 156 valence electrons. The molecule has 2 heterocycles. The predicted octanol–water partition coefficient (Wildman–Crippen LogP) is 0.807. The lowest BCUT2D eigenvalue weighted by Crippen LogP contribution is -2.56. The van der Waals surface area contributed by atoms with Crippen LogP contribution in [0.15, 0.2) is 30.3 Å². The third-order valence-electron chi connectivity index (χ3n) is 5.15. The van der Waals surface area contributed by atoms with E-state index < -0.39 is 12.1 Å². The number of nitrogens with one attached hydrogen (secondary N) is 2. The number of carbonyl (C=O) groups is 2. The fraction of sp³-hybridized carbons (Fsp3) is 0.600. The number of ether oxygens (including phenoxy) is 1. The molecule has 0 bridgehead atoms. The van der Waals surface area contributed by atoms with E-state index in [4.69, 9.17) is 4.74 Å². The Labute approximate surface area is 173 Å².